The monoisotopic (exact) mass is 182 g/mol. The average molecular weight is 182 g/mol. The van der Waals surface area contributed by atoms with E-state index in [9.17, 15) is 4.79 Å². The van der Waals surface area contributed by atoms with E-state index >= 15 is 0 Å². The molecule has 0 aromatic heterocycles. The SMILES string of the molecule is N[C@H]1CCN(C(=O)C2CCCC2)C1. The predicted octanol–water partition coefficient (Wildman–Crippen LogP) is 0.736. The fraction of sp³-hybridized carbons (Fsp3) is 0.900. The second kappa shape index (κ2) is 3.66. The zero-order chi connectivity index (χ0) is 9.26. The highest BCUT2D eigenvalue weighted by Gasteiger charge is 2.30. The van der Waals surface area contributed by atoms with Crippen LogP contribution >= 0.6 is 0 Å². The largest absolute Gasteiger partial charge is 0.341 e. The molecule has 0 aromatic rings. The fourth-order valence-electron chi connectivity index (χ4n) is 2.42. The van der Waals surface area contributed by atoms with Crippen LogP contribution in [0.3, 0.4) is 0 Å². The number of carbonyl (C=O) groups excluding carboxylic acids is 1. The minimum Gasteiger partial charge on any atom is -0.341 e. The van der Waals surface area contributed by atoms with E-state index in [-0.39, 0.29) is 6.04 Å². The van der Waals surface area contributed by atoms with Crippen molar-refractivity contribution in [3.05, 3.63) is 0 Å². The molecule has 1 saturated heterocycles. The Labute approximate surface area is 79.3 Å². The summed E-state index contributed by atoms with van der Waals surface area (Å²) in [6.45, 7) is 1.67. The lowest BCUT2D eigenvalue weighted by Crippen LogP contribution is -2.35. The maximum absolute atomic E-state index is 11.9. The van der Waals surface area contributed by atoms with Gasteiger partial charge in [-0.3, -0.25) is 4.79 Å². The molecule has 0 unspecified atom stereocenters. The van der Waals surface area contributed by atoms with Gasteiger partial charge in [-0.15, -0.1) is 0 Å². The van der Waals surface area contributed by atoms with Crippen molar-refractivity contribution >= 4 is 5.91 Å². The summed E-state index contributed by atoms with van der Waals surface area (Å²) in [5.41, 5.74) is 5.77. The third-order valence-electron chi connectivity index (χ3n) is 3.24. The Morgan fingerprint density at radius 1 is 1.23 bits per heavy atom. The molecule has 1 saturated carbocycles. The van der Waals surface area contributed by atoms with Crippen LogP contribution in [-0.4, -0.2) is 29.9 Å². The van der Waals surface area contributed by atoms with Crippen LogP contribution in [0.4, 0.5) is 0 Å². The molecule has 2 N–H and O–H groups in total. The molecule has 2 aliphatic rings. The molecule has 3 heteroatoms. The van der Waals surface area contributed by atoms with Gasteiger partial charge in [-0.1, -0.05) is 12.8 Å². The van der Waals surface area contributed by atoms with Crippen molar-refractivity contribution in [3.63, 3.8) is 0 Å². The van der Waals surface area contributed by atoms with Crippen LogP contribution in [0, 0.1) is 5.92 Å². The molecular weight excluding hydrogens is 164 g/mol. The molecular formula is C10H18N2O. The zero-order valence-electron chi connectivity index (χ0n) is 8.04. The van der Waals surface area contributed by atoms with Crippen LogP contribution in [0.15, 0.2) is 0 Å². The summed E-state index contributed by atoms with van der Waals surface area (Å²) in [6, 6.07) is 0.227. The number of rotatable bonds is 1. The van der Waals surface area contributed by atoms with Crippen molar-refractivity contribution in [2.24, 2.45) is 11.7 Å². The average Bonchev–Trinajstić information content (AvgIpc) is 2.72. The van der Waals surface area contributed by atoms with E-state index in [4.69, 9.17) is 5.73 Å². The topological polar surface area (TPSA) is 46.3 Å². The number of carbonyl (C=O) groups is 1. The molecule has 74 valence electrons. The molecule has 0 spiro atoms. The number of hydrogen-bond acceptors (Lipinski definition) is 2. The van der Waals surface area contributed by atoms with Gasteiger partial charge in [-0.25, -0.2) is 0 Å². The van der Waals surface area contributed by atoms with Crippen LogP contribution < -0.4 is 5.73 Å². The van der Waals surface area contributed by atoms with Gasteiger partial charge in [0, 0.05) is 25.0 Å². The Bertz CT molecular complexity index is 199. The second-order valence-electron chi connectivity index (χ2n) is 4.31. The summed E-state index contributed by atoms with van der Waals surface area (Å²) in [5, 5.41) is 0. The summed E-state index contributed by atoms with van der Waals surface area (Å²) in [7, 11) is 0. The Hall–Kier alpha value is -0.570. The number of nitrogens with two attached hydrogens (primary N) is 1. The molecule has 3 nitrogen and oxygen atoms in total. The lowest BCUT2D eigenvalue weighted by atomic mass is 10.1. The van der Waals surface area contributed by atoms with Crippen LogP contribution in [0.25, 0.3) is 0 Å². The van der Waals surface area contributed by atoms with Crippen molar-refractivity contribution in [2.75, 3.05) is 13.1 Å². The Morgan fingerprint density at radius 3 is 2.46 bits per heavy atom. The Morgan fingerprint density at radius 2 is 1.92 bits per heavy atom. The molecule has 2 rings (SSSR count). The third-order valence-corrected chi connectivity index (χ3v) is 3.24. The van der Waals surface area contributed by atoms with Crippen molar-refractivity contribution in [1.29, 1.82) is 0 Å². The maximum atomic E-state index is 11.9. The molecule has 1 amide bonds. The zero-order valence-corrected chi connectivity index (χ0v) is 8.04. The molecule has 0 radical (unpaired) electrons. The molecule has 13 heavy (non-hydrogen) atoms. The minimum absolute atomic E-state index is 0.227. The molecule has 2 fully saturated rings. The van der Waals surface area contributed by atoms with Gasteiger partial charge in [-0.2, -0.15) is 0 Å². The van der Waals surface area contributed by atoms with Crippen LogP contribution in [0.1, 0.15) is 32.1 Å². The highest BCUT2D eigenvalue weighted by molar-refractivity contribution is 5.79. The quantitative estimate of drug-likeness (QED) is 0.650. The van der Waals surface area contributed by atoms with E-state index in [1.165, 1.54) is 12.8 Å². The highest BCUT2D eigenvalue weighted by Crippen LogP contribution is 2.27. The van der Waals surface area contributed by atoms with Gasteiger partial charge in [0.2, 0.25) is 5.91 Å². The molecule has 0 bridgehead atoms. The molecule has 1 atom stereocenters. The standard InChI is InChI=1S/C10H18N2O/c11-9-5-6-12(7-9)10(13)8-3-1-2-4-8/h8-9H,1-7,11H2/t9-/m0/s1. The summed E-state index contributed by atoms with van der Waals surface area (Å²) < 4.78 is 0. The van der Waals surface area contributed by atoms with Gasteiger partial charge < -0.3 is 10.6 Å². The van der Waals surface area contributed by atoms with Crippen LogP contribution in [-0.2, 0) is 4.79 Å². The Kier molecular flexibility index (Phi) is 2.54. The van der Waals surface area contributed by atoms with E-state index in [0.717, 1.165) is 32.4 Å². The van der Waals surface area contributed by atoms with E-state index in [1.807, 2.05) is 4.90 Å². The van der Waals surface area contributed by atoms with E-state index in [0.29, 0.717) is 11.8 Å². The summed E-state index contributed by atoms with van der Waals surface area (Å²) in [5.74, 6) is 0.691. The first-order valence-corrected chi connectivity index (χ1v) is 5.32. The number of amides is 1. The fourth-order valence-corrected chi connectivity index (χ4v) is 2.42. The first kappa shape index (κ1) is 9.00. The first-order chi connectivity index (χ1) is 6.27. The first-order valence-electron chi connectivity index (χ1n) is 5.32. The van der Waals surface area contributed by atoms with Gasteiger partial charge in [-0.05, 0) is 19.3 Å². The van der Waals surface area contributed by atoms with Crippen LogP contribution in [0.2, 0.25) is 0 Å². The van der Waals surface area contributed by atoms with Gasteiger partial charge >= 0.3 is 0 Å². The van der Waals surface area contributed by atoms with E-state index < -0.39 is 0 Å². The second-order valence-corrected chi connectivity index (χ2v) is 4.31. The number of nitrogens with zero attached hydrogens (tertiary/aromatic N) is 1. The highest BCUT2D eigenvalue weighted by atomic mass is 16.2. The van der Waals surface area contributed by atoms with Crippen molar-refractivity contribution in [1.82, 2.24) is 4.90 Å². The lowest BCUT2D eigenvalue weighted by Gasteiger charge is -2.19. The summed E-state index contributed by atoms with van der Waals surface area (Å²) in [6.07, 6.45) is 5.65. The van der Waals surface area contributed by atoms with Gasteiger partial charge in [0.25, 0.3) is 0 Å². The molecule has 1 aliphatic carbocycles. The van der Waals surface area contributed by atoms with Crippen molar-refractivity contribution in [3.8, 4) is 0 Å². The normalized spacial score (nSPS) is 29.9. The third kappa shape index (κ3) is 1.85. The van der Waals surface area contributed by atoms with E-state index in [2.05, 4.69) is 0 Å². The summed E-state index contributed by atoms with van der Waals surface area (Å²) in [4.78, 5) is 13.8. The van der Waals surface area contributed by atoms with Gasteiger partial charge in [0.05, 0.1) is 0 Å². The predicted molar refractivity (Wildman–Crippen MR) is 51.1 cm³/mol. The molecule has 1 heterocycles. The summed E-state index contributed by atoms with van der Waals surface area (Å²) >= 11 is 0. The van der Waals surface area contributed by atoms with Crippen molar-refractivity contribution in [2.45, 2.75) is 38.1 Å². The number of likely N-dealkylation sites (tertiary alicyclic amines) is 1. The minimum atomic E-state index is 0.227. The van der Waals surface area contributed by atoms with Gasteiger partial charge in [0.1, 0.15) is 0 Å². The number of hydrogen-bond donors (Lipinski definition) is 1. The van der Waals surface area contributed by atoms with E-state index in [1.54, 1.807) is 0 Å². The van der Waals surface area contributed by atoms with Gasteiger partial charge in [0.15, 0.2) is 0 Å². The van der Waals surface area contributed by atoms with Crippen LogP contribution in [0.5, 0.6) is 0 Å². The molecule has 0 aromatic carbocycles. The molecule has 1 aliphatic heterocycles. The van der Waals surface area contributed by atoms with Crippen molar-refractivity contribution < 1.29 is 4.79 Å². The smallest absolute Gasteiger partial charge is 0.225 e. The lowest BCUT2D eigenvalue weighted by molar-refractivity contribution is -0.134. The Balaban J connectivity index is 1.89. The maximum Gasteiger partial charge on any atom is 0.225 e.